The highest BCUT2D eigenvalue weighted by Gasteiger charge is 2.23. The molecule has 0 aliphatic carbocycles. The molecule has 3 N–H and O–H groups in total. The van der Waals surface area contributed by atoms with E-state index in [0.717, 1.165) is 43.3 Å². The van der Waals surface area contributed by atoms with Crippen molar-refractivity contribution in [3.8, 4) is 0 Å². The van der Waals surface area contributed by atoms with Crippen molar-refractivity contribution in [3.05, 3.63) is 35.4 Å². The molecule has 1 heterocycles. The monoisotopic (exact) mass is 325 g/mol. The zero-order chi connectivity index (χ0) is 16.2. The lowest BCUT2D eigenvalue weighted by molar-refractivity contribution is -0.123. The highest BCUT2D eigenvalue weighted by molar-refractivity contribution is 7.88. The minimum Gasteiger partial charge on any atom is -0.369 e. The van der Waals surface area contributed by atoms with Gasteiger partial charge in [-0.1, -0.05) is 24.3 Å². The number of likely N-dealkylation sites (tertiary alicyclic amines) is 1. The molecule has 1 unspecified atom stereocenters. The molecule has 1 aliphatic heterocycles. The van der Waals surface area contributed by atoms with E-state index in [9.17, 15) is 13.2 Å². The minimum atomic E-state index is -3.19. The summed E-state index contributed by atoms with van der Waals surface area (Å²) in [5.74, 6) is -0.292. The first-order valence-corrected chi connectivity index (χ1v) is 9.27. The number of nitrogens with zero attached hydrogens (tertiary/aromatic N) is 1. The third-order valence-corrected chi connectivity index (χ3v) is 4.51. The third-order valence-electron chi connectivity index (χ3n) is 3.84. The van der Waals surface area contributed by atoms with E-state index in [1.807, 2.05) is 24.3 Å². The third kappa shape index (κ3) is 5.40. The average Bonchev–Trinajstić information content (AvgIpc) is 2.45. The van der Waals surface area contributed by atoms with Crippen molar-refractivity contribution in [2.45, 2.75) is 25.9 Å². The molecule has 0 saturated carbocycles. The van der Waals surface area contributed by atoms with Crippen LogP contribution in [0, 0.1) is 5.92 Å². The molecule has 1 aromatic carbocycles. The first kappa shape index (κ1) is 16.9. The zero-order valence-corrected chi connectivity index (χ0v) is 13.6. The summed E-state index contributed by atoms with van der Waals surface area (Å²) in [6.45, 7) is 2.68. The van der Waals surface area contributed by atoms with Crippen LogP contribution in [-0.4, -0.2) is 38.6 Å². The second kappa shape index (κ2) is 7.21. The van der Waals surface area contributed by atoms with E-state index in [0.29, 0.717) is 6.54 Å². The largest absolute Gasteiger partial charge is 0.369 e. The summed E-state index contributed by atoms with van der Waals surface area (Å²) in [5.41, 5.74) is 7.43. The Morgan fingerprint density at radius 2 is 2.14 bits per heavy atom. The van der Waals surface area contributed by atoms with Crippen molar-refractivity contribution in [2.75, 3.05) is 19.3 Å². The number of hydrogen-bond acceptors (Lipinski definition) is 4. The summed E-state index contributed by atoms with van der Waals surface area (Å²) in [6, 6.07) is 7.82. The number of sulfonamides is 1. The first-order valence-electron chi connectivity index (χ1n) is 7.37. The molecule has 0 radical (unpaired) electrons. The molecule has 122 valence electrons. The van der Waals surface area contributed by atoms with Gasteiger partial charge < -0.3 is 5.73 Å². The van der Waals surface area contributed by atoms with Gasteiger partial charge in [-0.25, -0.2) is 13.1 Å². The van der Waals surface area contributed by atoms with Gasteiger partial charge in [0.25, 0.3) is 0 Å². The van der Waals surface area contributed by atoms with Gasteiger partial charge in [0.2, 0.25) is 15.9 Å². The maximum atomic E-state index is 11.3. The van der Waals surface area contributed by atoms with Gasteiger partial charge in [-0.2, -0.15) is 0 Å². The van der Waals surface area contributed by atoms with Crippen LogP contribution in [0.25, 0.3) is 0 Å². The van der Waals surface area contributed by atoms with E-state index < -0.39 is 10.0 Å². The maximum Gasteiger partial charge on any atom is 0.221 e. The molecular weight excluding hydrogens is 302 g/mol. The van der Waals surface area contributed by atoms with Gasteiger partial charge in [-0.05, 0) is 30.5 Å². The molecule has 1 fully saturated rings. The second-order valence-corrected chi connectivity index (χ2v) is 7.72. The molecule has 0 bridgehead atoms. The van der Waals surface area contributed by atoms with Crippen molar-refractivity contribution in [3.63, 3.8) is 0 Å². The summed E-state index contributed by atoms with van der Waals surface area (Å²) in [7, 11) is -3.19. The molecule has 1 aliphatic rings. The lowest BCUT2D eigenvalue weighted by Crippen LogP contribution is -2.40. The Bertz CT molecular complexity index is 631. The van der Waals surface area contributed by atoms with Gasteiger partial charge in [0, 0.05) is 19.6 Å². The Balaban J connectivity index is 1.96. The van der Waals surface area contributed by atoms with Gasteiger partial charge in [-0.15, -0.1) is 0 Å². The predicted molar refractivity (Wildman–Crippen MR) is 85.3 cm³/mol. The SMILES string of the molecule is CS(=O)(=O)NCc1cccc(CN2CCCC(C(N)=O)C2)c1. The van der Waals surface area contributed by atoms with E-state index in [4.69, 9.17) is 5.73 Å². The lowest BCUT2D eigenvalue weighted by Gasteiger charge is -2.31. The summed E-state index contributed by atoms with van der Waals surface area (Å²) < 4.78 is 24.8. The van der Waals surface area contributed by atoms with Crippen molar-refractivity contribution in [2.24, 2.45) is 11.7 Å². The number of nitrogens with two attached hydrogens (primary N) is 1. The zero-order valence-electron chi connectivity index (χ0n) is 12.8. The second-order valence-electron chi connectivity index (χ2n) is 5.89. The van der Waals surface area contributed by atoms with Crippen LogP contribution < -0.4 is 10.5 Å². The van der Waals surface area contributed by atoms with Gasteiger partial charge >= 0.3 is 0 Å². The number of carbonyl (C=O) groups is 1. The summed E-state index contributed by atoms with van der Waals surface area (Å²) in [4.78, 5) is 13.5. The van der Waals surface area contributed by atoms with Crippen LogP contribution in [0.3, 0.4) is 0 Å². The van der Waals surface area contributed by atoms with Crippen molar-refractivity contribution >= 4 is 15.9 Å². The molecule has 1 atom stereocenters. The van der Waals surface area contributed by atoms with Gasteiger partial charge in [-0.3, -0.25) is 9.69 Å². The van der Waals surface area contributed by atoms with Crippen LogP contribution in [0.15, 0.2) is 24.3 Å². The lowest BCUT2D eigenvalue weighted by atomic mass is 9.97. The number of piperidine rings is 1. The van der Waals surface area contributed by atoms with Gasteiger partial charge in [0.1, 0.15) is 0 Å². The topological polar surface area (TPSA) is 92.5 Å². The summed E-state index contributed by atoms with van der Waals surface area (Å²) in [5, 5.41) is 0. The van der Waals surface area contributed by atoms with Crippen LogP contribution in [-0.2, 0) is 27.9 Å². The van der Waals surface area contributed by atoms with E-state index in [1.165, 1.54) is 0 Å². The van der Waals surface area contributed by atoms with Gasteiger partial charge in [0.05, 0.1) is 12.2 Å². The van der Waals surface area contributed by atoms with Gasteiger partial charge in [0.15, 0.2) is 0 Å². The normalized spacial score (nSPS) is 20.0. The number of amides is 1. The van der Waals surface area contributed by atoms with E-state index in [1.54, 1.807) is 0 Å². The fourth-order valence-corrected chi connectivity index (χ4v) is 3.17. The van der Waals surface area contributed by atoms with Crippen LogP contribution >= 0.6 is 0 Å². The highest BCUT2D eigenvalue weighted by Crippen LogP contribution is 2.18. The van der Waals surface area contributed by atoms with E-state index >= 15 is 0 Å². The molecule has 0 spiro atoms. The number of carbonyl (C=O) groups excluding carboxylic acids is 1. The van der Waals surface area contributed by atoms with E-state index in [-0.39, 0.29) is 18.4 Å². The number of benzene rings is 1. The first-order chi connectivity index (χ1) is 10.3. The highest BCUT2D eigenvalue weighted by atomic mass is 32.2. The molecule has 22 heavy (non-hydrogen) atoms. The number of primary amides is 1. The molecule has 1 amide bonds. The Morgan fingerprint density at radius 3 is 2.82 bits per heavy atom. The van der Waals surface area contributed by atoms with E-state index in [2.05, 4.69) is 9.62 Å². The Hall–Kier alpha value is -1.44. The Morgan fingerprint density at radius 1 is 1.41 bits per heavy atom. The molecule has 1 aromatic rings. The molecular formula is C15H23N3O3S. The van der Waals surface area contributed by atoms with Crippen LogP contribution in [0.5, 0.6) is 0 Å². The molecule has 1 saturated heterocycles. The molecule has 7 heteroatoms. The average molecular weight is 325 g/mol. The smallest absolute Gasteiger partial charge is 0.221 e. The summed E-state index contributed by atoms with van der Waals surface area (Å²) >= 11 is 0. The summed E-state index contributed by atoms with van der Waals surface area (Å²) in [6.07, 6.45) is 2.99. The predicted octanol–water partition coefficient (Wildman–Crippen LogP) is 0.433. The molecule has 6 nitrogen and oxygen atoms in total. The Labute approximate surface area is 131 Å². The number of hydrogen-bond donors (Lipinski definition) is 2. The fourth-order valence-electron chi connectivity index (χ4n) is 2.74. The maximum absolute atomic E-state index is 11.3. The fraction of sp³-hybridized carbons (Fsp3) is 0.533. The standard InChI is InChI=1S/C15H23N3O3S/c1-22(20,21)17-9-12-4-2-5-13(8-12)10-18-7-3-6-14(11-18)15(16)19/h2,4-5,8,14,17H,3,6-7,9-11H2,1H3,(H2,16,19). The molecule has 2 rings (SSSR count). The van der Waals surface area contributed by atoms with Crippen LogP contribution in [0.2, 0.25) is 0 Å². The van der Waals surface area contributed by atoms with Crippen molar-refractivity contribution in [1.29, 1.82) is 0 Å². The quantitative estimate of drug-likeness (QED) is 0.793. The van der Waals surface area contributed by atoms with Crippen molar-refractivity contribution in [1.82, 2.24) is 9.62 Å². The Kier molecular flexibility index (Phi) is 5.55. The minimum absolute atomic E-state index is 0.0659. The van der Waals surface area contributed by atoms with Crippen molar-refractivity contribution < 1.29 is 13.2 Å². The van der Waals surface area contributed by atoms with Crippen LogP contribution in [0.4, 0.5) is 0 Å². The molecule has 0 aromatic heterocycles. The van der Waals surface area contributed by atoms with Crippen LogP contribution in [0.1, 0.15) is 24.0 Å². The number of rotatable bonds is 6. The number of nitrogens with one attached hydrogen (secondary N) is 1.